The third kappa shape index (κ3) is 6.22. The molecule has 0 unspecified atom stereocenters. The molecule has 4 nitrogen and oxygen atoms in total. The standard InChI is InChI=1S/C21H36O4S/c1-9-15(2)10-11-18-20(23-5)17(4)16(3)19(14-25-22)21(18)24-12-13-26(6,7)8/h10,22H,9,11-14H2,1-8H3/b15-10-. The van der Waals surface area contributed by atoms with Crippen molar-refractivity contribution in [2.24, 2.45) is 0 Å². The lowest BCUT2D eigenvalue weighted by atomic mass is 9.94. The summed E-state index contributed by atoms with van der Waals surface area (Å²) in [6, 6.07) is 0. The molecular weight excluding hydrogens is 348 g/mol. The number of allylic oxidation sites excluding steroid dienone is 2. The molecule has 0 heterocycles. The SMILES string of the molecule is CC/C(C)=C\Cc1c(OC)c(C)c(C)c(COO)c1OCCS(C)(C)C. The van der Waals surface area contributed by atoms with Gasteiger partial charge >= 0.3 is 0 Å². The molecule has 0 bridgehead atoms. The first-order chi connectivity index (χ1) is 12.2. The number of methoxy groups -OCH3 is 1. The number of hydrogen-bond donors (Lipinski definition) is 1. The van der Waals surface area contributed by atoms with Gasteiger partial charge in [-0.05, 0) is 63.5 Å². The number of ether oxygens (including phenoxy) is 2. The smallest absolute Gasteiger partial charge is 0.132 e. The van der Waals surface area contributed by atoms with Gasteiger partial charge in [-0.2, -0.15) is 0 Å². The number of rotatable bonds is 10. The third-order valence-electron chi connectivity index (χ3n) is 4.75. The van der Waals surface area contributed by atoms with Crippen molar-refractivity contribution in [3.63, 3.8) is 0 Å². The van der Waals surface area contributed by atoms with Crippen LogP contribution in [0.25, 0.3) is 0 Å². The Bertz CT molecular complexity index is 630. The Kier molecular flexibility index (Phi) is 9.01. The van der Waals surface area contributed by atoms with Crippen molar-refractivity contribution in [1.82, 2.24) is 0 Å². The summed E-state index contributed by atoms with van der Waals surface area (Å²) in [5.74, 6) is 2.68. The highest BCUT2D eigenvalue weighted by Gasteiger charge is 2.22. The van der Waals surface area contributed by atoms with E-state index < -0.39 is 10.0 Å². The van der Waals surface area contributed by atoms with Gasteiger partial charge in [-0.25, -0.2) is 14.9 Å². The van der Waals surface area contributed by atoms with Crippen LogP contribution in [0.3, 0.4) is 0 Å². The number of benzene rings is 1. The van der Waals surface area contributed by atoms with Gasteiger partial charge in [-0.3, -0.25) is 5.26 Å². The molecular formula is C21H36O4S. The van der Waals surface area contributed by atoms with E-state index in [0.29, 0.717) is 6.61 Å². The van der Waals surface area contributed by atoms with Gasteiger partial charge in [-0.1, -0.05) is 18.6 Å². The van der Waals surface area contributed by atoms with Crippen LogP contribution in [0.15, 0.2) is 11.6 Å². The molecule has 0 fully saturated rings. The van der Waals surface area contributed by atoms with Crippen LogP contribution in [0.4, 0.5) is 0 Å². The third-order valence-corrected chi connectivity index (χ3v) is 6.14. The second-order valence-electron chi connectivity index (χ2n) is 7.59. The zero-order valence-corrected chi connectivity index (χ0v) is 18.5. The van der Waals surface area contributed by atoms with Gasteiger partial charge in [0, 0.05) is 16.9 Å². The Morgan fingerprint density at radius 2 is 1.73 bits per heavy atom. The van der Waals surface area contributed by atoms with Crippen molar-refractivity contribution >= 4 is 10.0 Å². The molecule has 1 rings (SSSR count). The first-order valence-electron chi connectivity index (χ1n) is 9.05. The van der Waals surface area contributed by atoms with Gasteiger partial charge in [0.05, 0.1) is 13.7 Å². The molecule has 0 amide bonds. The maximum atomic E-state index is 9.09. The molecule has 0 aromatic heterocycles. The van der Waals surface area contributed by atoms with Crippen LogP contribution in [0, 0.1) is 13.8 Å². The Labute approximate surface area is 160 Å². The molecule has 0 spiro atoms. The molecule has 5 heteroatoms. The topological polar surface area (TPSA) is 47.9 Å². The highest BCUT2D eigenvalue weighted by Crippen LogP contribution is 2.41. The fraction of sp³-hybridized carbons (Fsp3) is 0.619. The molecule has 0 saturated heterocycles. The Morgan fingerprint density at radius 3 is 2.23 bits per heavy atom. The summed E-state index contributed by atoms with van der Waals surface area (Å²) >= 11 is 0. The minimum Gasteiger partial charge on any atom is -0.496 e. The van der Waals surface area contributed by atoms with Gasteiger partial charge in [0.1, 0.15) is 18.1 Å². The lowest BCUT2D eigenvalue weighted by Gasteiger charge is -2.27. The maximum absolute atomic E-state index is 9.09. The second kappa shape index (κ2) is 10.2. The molecule has 0 atom stereocenters. The molecule has 0 saturated carbocycles. The Balaban J connectivity index is 3.43. The van der Waals surface area contributed by atoms with Crippen LogP contribution >= 0.6 is 10.0 Å². The van der Waals surface area contributed by atoms with E-state index in [-0.39, 0.29) is 6.61 Å². The van der Waals surface area contributed by atoms with Crippen LogP contribution in [-0.2, 0) is 17.9 Å². The Hall–Kier alpha value is -1.17. The summed E-state index contributed by atoms with van der Waals surface area (Å²) in [6.07, 6.45) is 10.8. The fourth-order valence-corrected chi connectivity index (χ4v) is 3.35. The molecule has 0 radical (unpaired) electrons. The molecule has 0 aliphatic rings. The minimum absolute atomic E-state index is 0.109. The van der Waals surface area contributed by atoms with Gasteiger partial charge < -0.3 is 9.47 Å². The molecule has 150 valence electrons. The highest BCUT2D eigenvalue weighted by molar-refractivity contribution is 8.32. The zero-order chi connectivity index (χ0) is 19.9. The average molecular weight is 385 g/mol. The normalized spacial score (nSPS) is 13.0. The average Bonchev–Trinajstić information content (AvgIpc) is 2.57. The maximum Gasteiger partial charge on any atom is 0.132 e. The van der Waals surface area contributed by atoms with E-state index in [2.05, 4.69) is 43.6 Å². The van der Waals surface area contributed by atoms with Crippen LogP contribution < -0.4 is 9.47 Å². The number of hydrogen-bond acceptors (Lipinski definition) is 4. The predicted molar refractivity (Wildman–Crippen MR) is 113 cm³/mol. The van der Waals surface area contributed by atoms with Gasteiger partial charge in [-0.15, -0.1) is 0 Å². The van der Waals surface area contributed by atoms with Crippen LogP contribution in [-0.4, -0.2) is 43.5 Å². The van der Waals surface area contributed by atoms with Gasteiger partial charge in [0.15, 0.2) is 0 Å². The van der Waals surface area contributed by atoms with E-state index in [9.17, 15) is 0 Å². The van der Waals surface area contributed by atoms with Crippen LogP contribution in [0.2, 0.25) is 0 Å². The van der Waals surface area contributed by atoms with Gasteiger partial charge in [0.2, 0.25) is 0 Å². The molecule has 1 aromatic rings. The lowest BCUT2D eigenvalue weighted by Crippen LogP contribution is -2.13. The monoisotopic (exact) mass is 384 g/mol. The Morgan fingerprint density at radius 1 is 1.08 bits per heavy atom. The van der Waals surface area contributed by atoms with Crippen LogP contribution in [0.1, 0.15) is 42.5 Å². The van der Waals surface area contributed by atoms with E-state index in [1.165, 1.54) is 5.57 Å². The van der Waals surface area contributed by atoms with Gasteiger partial charge in [0.25, 0.3) is 0 Å². The summed E-state index contributed by atoms with van der Waals surface area (Å²) < 4.78 is 12.0. The molecule has 0 aliphatic heterocycles. The molecule has 1 N–H and O–H groups in total. The van der Waals surface area contributed by atoms with Crippen LogP contribution in [0.5, 0.6) is 11.5 Å². The fourth-order valence-electron chi connectivity index (χ4n) is 2.77. The minimum atomic E-state index is -0.645. The predicted octanol–water partition coefficient (Wildman–Crippen LogP) is 5.27. The van der Waals surface area contributed by atoms with Crippen molar-refractivity contribution in [3.8, 4) is 11.5 Å². The quantitative estimate of drug-likeness (QED) is 0.339. The zero-order valence-electron chi connectivity index (χ0n) is 17.7. The first-order valence-corrected chi connectivity index (χ1v) is 12.1. The van der Waals surface area contributed by atoms with Crippen molar-refractivity contribution in [2.45, 2.75) is 47.1 Å². The lowest BCUT2D eigenvalue weighted by molar-refractivity contribution is -0.253. The van der Waals surface area contributed by atoms with Crippen molar-refractivity contribution in [3.05, 3.63) is 33.9 Å². The second-order valence-corrected chi connectivity index (χ2v) is 12.2. The molecule has 26 heavy (non-hydrogen) atoms. The summed E-state index contributed by atoms with van der Waals surface area (Å²) in [6.45, 7) is 9.10. The molecule has 0 aliphatic carbocycles. The highest BCUT2D eigenvalue weighted by atomic mass is 32.3. The molecule has 1 aromatic carbocycles. The van der Waals surface area contributed by atoms with E-state index in [1.54, 1.807) is 7.11 Å². The summed E-state index contributed by atoms with van der Waals surface area (Å²) in [5, 5.41) is 9.09. The largest absolute Gasteiger partial charge is 0.496 e. The van der Waals surface area contributed by atoms with E-state index in [4.69, 9.17) is 14.7 Å². The van der Waals surface area contributed by atoms with Crippen molar-refractivity contribution in [1.29, 1.82) is 0 Å². The summed E-state index contributed by atoms with van der Waals surface area (Å²) in [4.78, 5) is 4.50. The van der Waals surface area contributed by atoms with E-state index >= 15 is 0 Å². The van der Waals surface area contributed by atoms with Crippen molar-refractivity contribution in [2.75, 3.05) is 38.2 Å². The van der Waals surface area contributed by atoms with E-state index in [0.717, 1.165) is 52.3 Å². The van der Waals surface area contributed by atoms with Crippen molar-refractivity contribution < 1.29 is 19.6 Å². The summed E-state index contributed by atoms with van der Waals surface area (Å²) in [5.41, 5.74) is 5.35. The summed E-state index contributed by atoms with van der Waals surface area (Å²) in [7, 11) is 1.06. The van der Waals surface area contributed by atoms with E-state index in [1.807, 2.05) is 13.8 Å². The first kappa shape index (κ1) is 22.9.